The van der Waals surface area contributed by atoms with Gasteiger partial charge in [-0.25, -0.2) is 0 Å². The highest BCUT2D eigenvalue weighted by Crippen LogP contribution is 2.14. The summed E-state index contributed by atoms with van der Waals surface area (Å²) in [5, 5.41) is 13.3. The molecular weight excluding hydrogens is 334 g/mol. The Bertz CT molecular complexity index is 764. The number of amides is 2. The summed E-state index contributed by atoms with van der Waals surface area (Å²) in [5.41, 5.74) is 5.07. The zero-order chi connectivity index (χ0) is 17.4. The molecule has 2 aromatic carbocycles. The topological polar surface area (TPSA) is 100 Å². The summed E-state index contributed by atoms with van der Waals surface area (Å²) in [6.45, 7) is -0.410. The molecule has 0 heterocycles. The maximum absolute atomic E-state index is 11.8. The lowest BCUT2D eigenvalue weighted by molar-refractivity contribution is -0.126. The Kier molecular flexibility index (Phi) is 6.16. The minimum absolute atomic E-state index is 0.0429. The van der Waals surface area contributed by atoms with Crippen molar-refractivity contribution in [3.63, 3.8) is 0 Å². The lowest BCUT2D eigenvalue weighted by Gasteiger charge is -2.07. The first kappa shape index (κ1) is 17.3. The van der Waals surface area contributed by atoms with E-state index in [1.807, 2.05) is 0 Å². The van der Waals surface area contributed by atoms with Crippen molar-refractivity contribution in [3.8, 4) is 5.75 Å². The smallest absolute Gasteiger partial charge is 0.279 e. The highest BCUT2D eigenvalue weighted by Gasteiger charge is 2.10. The van der Waals surface area contributed by atoms with E-state index in [9.17, 15) is 14.7 Å². The molecule has 0 saturated heterocycles. The fourth-order valence-electron chi connectivity index (χ4n) is 1.66. The fourth-order valence-corrected chi connectivity index (χ4v) is 1.88. The Balaban J connectivity index is 1.75. The van der Waals surface area contributed by atoms with Gasteiger partial charge in [0.05, 0.1) is 16.8 Å². The second-order valence-electron chi connectivity index (χ2n) is 4.55. The number of carbonyl (C=O) groups excluding carboxylic acids is 2. The lowest BCUT2D eigenvalue weighted by atomic mass is 10.2. The van der Waals surface area contributed by atoms with Crippen LogP contribution in [0.5, 0.6) is 5.75 Å². The Labute approximate surface area is 142 Å². The van der Waals surface area contributed by atoms with Gasteiger partial charge in [-0.05, 0) is 24.3 Å². The first-order chi connectivity index (χ1) is 11.6. The molecule has 0 spiro atoms. The highest BCUT2D eigenvalue weighted by atomic mass is 35.5. The summed E-state index contributed by atoms with van der Waals surface area (Å²) in [5.74, 6) is -1.11. The Morgan fingerprint density at radius 2 is 1.83 bits per heavy atom. The van der Waals surface area contributed by atoms with Gasteiger partial charge in [0.2, 0.25) is 0 Å². The highest BCUT2D eigenvalue weighted by molar-refractivity contribution is 6.33. The fraction of sp³-hybridized carbons (Fsp3) is 0.0625. The van der Waals surface area contributed by atoms with Gasteiger partial charge in [0.1, 0.15) is 5.75 Å². The van der Waals surface area contributed by atoms with Gasteiger partial charge in [-0.1, -0.05) is 41.0 Å². The molecule has 0 aliphatic rings. The van der Waals surface area contributed by atoms with E-state index in [1.54, 1.807) is 36.4 Å². The number of hydrazine groups is 1. The number of benzene rings is 2. The van der Waals surface area contributed by atoms with Crippen molar-refractivity contribution in [2.24, 2.45) is 5.16 Å². The van der Waals surface area contributed by atoms with Crippen molar-refractivity contribution in [1.29, 1.82) is 0 Å². The van der Waals surface area contributed by atoms with Crippen LogP contribution in [0.1, 0.15) is 15.9 Å². The molecule has 2 aromatic rings. The van der Waals surface area contributed by atoms with Gasteiger partial charge in [0.25, 0.3) is 11.8 Å². The molecule has 7 nitrogen and oxygen atoms in total. The van der Waals surface area contributed by atoms with Crippen molar-refractivity contribution in [2.45, 2.75) is 0 Å². The molecule has 0 bridgehead atoms. The average Bonchev–Trinajstić information content (AvgIpc) is 2.58. The molecule has 2 rings (SSSR count). The standard InChI is InChI=1S/C16H14ClN3O4/c17-13-7-3-2-6-12(13)16(23)20-19-15(22)10-24-18-9-11-5-1-4-8-14(11)21/h1-9,21H,10H2,(H,19,22)(H,20,23)/b18-9-. The van der Waals surface area contributed by atoms with Crippen molar-refractivity contribution >= 4 is 29.6 Å². The summed E-state index contributed by atoms with van der Waals surface area (Å²) in [6, 6.07) is 12.9. The normalized spacial score (nSPS) is 10.4. The number of aromatic hydroxyl groups is 1. The number of nitrogens with zero attached hydrogens (tertiary/aromatic N) is 1. The number of hydrogen-bond acceptors (Lipinski definition) is 5. The summed E-state index contributed by atoms with van der Waals surface area (Å²) in [4.78, 5) is 28.1. The van der Waals surface area contributed by atoms with Gasteiger partial charge in [0, 0.05) is 5.56 Å². The summed E-state index contributed by atoms with van der Waals surface area (Å²) >= 11 is 5.87. The van der Waals surface area contributed by atoms with E-state index < -0.39 is 18.4 Å². The Morgan fingerprint density at radius 3 is 2.58 bits per heavy atom. The molecule has 8 heteroatoms. The van der Waals surface area contributed by atoms with E-state index in [1.165, 1.54) is 18.3 Å². The van der Waals surface area contributed by atoms with Crippen LogP contribution in [0.25, 0.3) is 0 Å². The second-order valence-corrected chi connectivity index (χ2v) is 4.96. The van der Waals surface area contributed by atoms with Gasteiger partial charge in [-0.3, -0.25) is 20.4 Å². The largest absolute Gasteiger partial charge is 0.507 e. The predicted molar refractivity (Wildman–Crippen MR) is 88.7 cm³/mol. The quantitative estimate of drug-likeness (QED) is 0.567. The summed E-state index contributed by atoms with van der Waals surface area (Å²) in [7, 11) is 0. The first-order valence-corrected chi connectivity index (χ1v) is 7.23. The summed E-state index contributed by atoms with van der Waals surface area (Å²) < 4.78 is 0. The zero-order valence-electron chi connectivity index (χ0n) is 12.4. The number of para-hydroxylation sites is 1. The van der Waals surface area contributed by atoms with Crippen LogP contribution in [0.3, 0.4) is 0 Å². The third-order valence-electron chi connectivity index (χ3n) is 2.83. The number of nitrogens with one attached hydrogen (secondary N) is 2. The van der Waals surface area contributed by atoms with Crippen LogP contribution >= 0.6 is 11.6 Å². The monoisotopic (exact) mass is 347 g/mol. The van der Waals surface area contributed by atoms with Crippen molar-refractivity contribution in [2.75, 3.05) is 6.61 Å². The summed E-state index contributed by atoms with van der Waals surface area (Å²) in [6.07, 6.45) is 1.27. The number of rotatable bonds is 5. The molecule has 3 N–H and O–H groups in total. The number of oxime groups is 1. The predicted octanol–water partition coefficient (Wildman–Crippen LogP) is 1.86. The molecule has 0 aromatic heterocycles. The first-order valence-electron chi connectivity index (χ1n) is 6.85. The van der Waals surface area contributed by atoms with Crippen LogP contribution < -0.4 is 10.9 Å². The van der Waals surface area contributed by atoms with Gasteiger partial charge in [-0.15, -0.1) is 0 Å². The molecular formula is C16H14ClN3O4. The maximum Gasteiger partial charge on any atom is 0.279 e. The van der Waals surface area contributed by atoms with Crippen LogP contribution in [0.4, 0.5) is 0 Å². The van der Waals surface area contributed by atoms with Crippen molar-refractivity contribution < 1.29 is 19.5 Å². The Morgan fingerprint density at radius 1 is 1.12 bits per heavy atom. The van der Waals surface area contributed by atoms with Gasteiger partial charge < -0.3 is 9.94 Å². The third-order valence-corrected chi connectivity index (χ3v) is 3.16. The number of phenols is 1. The minimum atomic E-state index is -0.607. The van der Waals surface area contributed by atoms with Crippen LogP contribution in [-0.2, 0) is 9.63 Å². The van der Waals surface area contributed by atoms with Gasteiger partial charge in [-0.2, -0.15) is 0 Å². The molecule has 0 saturated carbocycles. The average molecular weight is 348 g/mol. The van der Waals surface area contributed by atoms with Gasteiger partial charge in [0.15, 0.2) is 6.61 Å². The number of carbonyl (C=O) groups is 2. The molecule has 0 radical (unpaired) electrons. The van der Waals surface area contributed by atoms with Gasteiger partial charge >= 0.3 is 0 Å². The number of phenolic OH excluding ortho intramolecular Hbond substituents is 1. The van der Waals surface area contributed by atoms with E-state index in [0.717, 1.165) is 0 Å². The SMILES string of the molecule is O=C(CO/N=C\c1ccccc1O)NNC(=O)c1ccccc1Cl. The van der Waals surface area contributed by atoms with Crippen LogP contribution in [0, 0.1) is 0 Å². The van der Waals surface area contributed by atoms with E-state index in [-0.39, 0.29) is 16.3 Å². The lowest BCUT2D eigenvalue weighted by Crippen LogP contribution is -2.43. The molecule has 0 aliphatic heterocycles. The van der Waals surface area contributed by atoms with Crippen LogP contribution in [-0.4, -0.2) is 29.7 Å². The number of hydrogen-bond donors (Lipinski definition) is 3. The maximum atomic E-state index is 11.8. The number of halogens is 1. The molecule has 24 heavy (non-hydrogen) atoms. The van der Waals surface area contributed by atoms with E-state index in [2.05, 4.69) is 16.0 Å². The Hall–Kier alpha value is -3.06. The van der Waals surface area contributed by atoms with E-state index in [0.29, 0.717) is 5.56 Å². The third kappa shape index (κ3) is 4.99. The second kappa shape index (κ2) is 8.54. The minimum Gasteiger partial charge on any atom is -0.507 e. The van der Waals surface area contributed by atoms with E-state index in [4.69, 9.17) is 16.4 Å². The van der Waals surface area contributed by atoms with Crippen LogP contribution in [0.2, 0.25) is 5.02 Å². The van der Waals surface area contributed by atoms with E-state index >= 15 is 0 Å². The van der Waals surface area contributed by atoms with Crippen molar-refractivity contribution in [3.05, 3.63) is 64.7 Å². The molecule has 0 fully saturated rings. The molecule has 0 unspecified atom stereocenters. The molecule has 0 aliphatic carbocycles. The van der Waals surface area contributed by atoms with Crippen LogP contribution in [0.15, 0.2) is 53.7 Å². The molecule has 124 valence electrons. The van der Waals surface area contributed by atoms with Crippen molar-refractivity contribution in [1.82, 2.24) is 10.9 Å². The molecule has 2 amide bonds. The molecule has 0 atom stereocenters. The zero-order valence-corrected chi connectivity index (χ0v) is 13.2.